The van der Waals surface area contributed by atoms with E-state index in [9.17, 15) is 19.3 Å². The lowest BCUT2D eigenvalue weighted by molar-refractivity contribution is -0.384. The van der Waals surface area contributed by atoms with E-state index in [2.05, 4.69) is 0 Å². The Bertz CT molecular complexity index is 965. The molecule has 110 valence electrons. The van der Waals surface area contributed by atoms with E-state index in [1.54, 1.807) is 0 Å². The van der Waals surface area contributed by atoms with Crippen molar-refractivity contribution in [2.75, 3.05) is 5.73 Å². The minimum atomic E-state index is -0.590. The Morgan fingerprint density at radius 3 is 2.59 bits per heavy atom. The lowest BCUT2D eigenvalue weighted by atomic mass is 10.1. The van der Waals surface area contributed by atoms with Crippen LogP contribution in [0.25, 0.3) is 22.3 Å². The van der Waals surface area contributed by atoms with Crippen molar-refractivity contribution >= 4 is 22.3 Å². The van der Waals surface area contributed by atoms with Crippen LogP contribution in [0.2, 0.25) is 0 Å². The molecule has 0 saturated heterocycles. The van der Waals surface area contributed by atoms with Gasteiger partial charge >= 0.3 is 0 Å². The highest BCUT2D eigenvalue weighted by atomic mass is 19.1. The van der Waals surface area contributed by atoms with Gasteiger partial charge in [0.05, 0.1) is 16.0 Å². The smallest absolute Gasteiger partial charge is 0.270 e. The maximum absolute atomic E-state index is 13.2. The number of anilines is 1. The number of halogens is 1. The number of nitrogen functional groups attached to an aromatic ring is 1. The van der Waals surface area contributed by atoms with Gasteiger partial charge in [-0.3, -0.25) is 14.9 Å². The van der Waals surface area contributed by atoms with E-state index in [1.807, 2.05) is 0 Å². The van der Waals surface area contributed by atoms with Crippen molar-refractivity contribution in [3.8, 4) is 11.3 Å². The van der Waals surface area contributed by atoms with Crippen LogP contribution < -0.4 is 11.2 Å². The molecule has 0 bridgehead atoms. The van der Waals surface area contributed by atoms with Gasteiger partial charge in [-0.15, -0.1) is 0 Å². The van der Waals surface area contributed by atoms with E-state index in [0.717, 1.165) is 6.07 Å². The molecule has 2 aromatic carbocycles. The van der Waals surface area contributed by atoms with Crippen molar-refractivity contribution < 1.29 is 13.7 Å². The summed E-state index contributed by atoms with van der Waals surface area (Å²) in [6, 6.07) is 8.90. The predicted molar refractivity (Wildman–Crippen MR) is 78.9 cm³/mol. The Labute approximate surface area is 122 Å². The second-order valence-corrected chi connectivity index (χ2v) is 4.65. The average molecular weight is 300 g/mol. The van der Waals surface area contributed by atoms with Gasteiger partial charge in [0.15, 0.2) is 5.43 Å². The van der Waals surface area contributed by atoms with E-state index in [4.69, 9.17) is 10.2 Å². The molecule has 0 aliphatic carbocycles. The highest BCUT2D eigenvalue weighted by molar-refractivity contribution is 5.81. The van der Waals surface area contributed by atoms with Gasteiger partial charge in [0.2, 0.25) is 0 Å². The van der Waals surface area contributed by atoms with Crippen molar-refractivity contribution in [2.45, 2.75) is 0 Å². The molecule has 0 radical (unpaired) electrons. The second-order valence-electron chi connectivity index (χ2n) is 4.65. The Kier molecular flexibility index (Phi) is 3.10. The van der Waals surface area contributed by atoms with Gasteiger partial charge in [-0.2, -0.15) is 0 Å². The van der Waals surface area contributed by atoms with Gasteiger partial charge in [0, 0.05) is 23.8 Å². The number of hydrogen-bond acceptors (Lipinski definition) is 5. The van der Waals surface area contributed by atoms with Gasteiger partial charge < -0.3 is 10.2 Å². The average Bonchev–Trinajstić information content (AvgIpc) is 2.49. The van der Waals surface area contributed by atoms with E-state index in [0.29, 0.717) is 5.56 Å². The molecule has 0 spiro atoms. The van der Waals surface area contributed by atoms with Gasteiger partial charge in [-0.25, -0.2) is 4.39 Å². The Morgan fingerprint density at radius 2 is 1.91 bits per heavy atom. The van der Waals surface area contributed by atoms with Gasteiger partial charge in [0.1, 0.15) is 17.2 Å². The topological polar surface area (TPSA) is 99.4 Å². The SMILES string of the molecule is Nc1cc(-c2cc(=O)c3cc([N+](=O)[O-])ccc3o2)ccc1F. The van der Waals surface area contributed by atoms with Crippen LogP contribution in [0.15, 0.2) is 51.7 Å². The maximum atomic E-state index is 13.2. The fourth-order valence-corrected chi connectivity index (χ4v) is 2.10. The molecule has 1 aromatic heterocycles. The van der Waals surface area contributed by atoms with Crippen molar-refractivity contribution in [3.63, 3.8) is 0 Å². The minimum Gasteiger partial charge on any atom is -0.456 e. The molecule has 7 heteroatoms. The Morgan fingerprint density at radius 1 is 1.14 bits per heavy atom. The first-order chi connectivity index (χ1) is 10.5. The summed E-state index contributed by atoms with van der Waals surface area (Å²) in [7, 11) is 0. The zero-order chi connectivity index (χ0) is 15.9. The molecule has 6 nitrogen and oxygen atoms in total. The van der Waals surface area contributed by atoms with Crippen molar-refractivity contribution in [2.24, 2.45) is 0 Å². The summed E-state index contributed by atoms with van der Waals surface area (Å²) in [6.07, 6.45) is 0. The molecule has 0 saturated carbocycles. The van der Waals surface area contributed by atoms with E-state index in [-0.39, 0.29) is 28.1 Å². The number of nitro groups is 1. The van der Waals surface area contributed by atoms with E-state index < -0.39 is 16.2 Å². The van der Waals surface area contributed by atoms with Gasteiger partial charge in [0.25, 0.3) is 5.69 Å². The minimum absolute atomic E-state index is 0.0658. The fourth-order valence-electron chi connectivity index (χ4n) is 2.10. The van der Waals surface area contributed by atoms with Crippen LogP contribution in [0, 0.1) is 15.9 Å². The summed E-state index contributed by atoms with van der Waals surface area (Å²) in [5, 5.41) is 10.8. The molecular weight excluding hydrogens is 291 g/mol. The summed E-state index contributed by atoms with van der Waals surface area (Å²) < 4.78 is 18.7. The first kappa shape index (κ1) is 13.7. The number of nitrogens with zero attached hydrogens (tertiary/aromatic N) is 1. The summed E-state index contributed by atoms with van der Waals surface area (Å²) in [5.41, 5.74) is 5.45. The molecule has 1 heterocycles. The maximum Gasteiger partial charge on any atom is 0.270 e. The molecule has 0 unspecified atom stereocenters. The fraction of sp³-hybridized carbons (Fsp3) is 0. The zero-order valence-electron chi connectivity index (χ0n) is 11.1. The quantitative estimate of drug-likeness (QED) is 0.445. The summed E-state index contributed by atoms with van der Waals surface area (Å²) in [6.45, 7) is 0. The van der Waals surface area contributed by atoms with Gasteiger partial charge in [-0.1, -0.05) is 0 Å². The third-order valence-corrected chi connectivity index (χ3v) is 3.20. The van der Waals surface area contributed by atoms with Crippen molar-refractivity contribution in [1.29, 1.82) is 0 Å². The lowest BCUT2D eigenvalue weighted by Gasteiger charge is -2.04. The van der Waals surface area contributed by atoms with E-state index >= 15 is 0 Å². The van der Waals surface area contributed by atoms with Crippen LogP contribution >= 0.6 is 0 Å². The molecule has 2 N–H and O–H groups in total. The zero-order valence-corrected chi connectivity index (χ0v) is 11.1. The third-order valence-electron chi connectivity index (χ3n) is 3.20. The second kappa shape index (κ2) is 4.96. The first-order valence-electron chi connectivity index (χ1n) is 6.23. The number of nitrogens with two attached hydrogens (primary N) is 1. The molecule has 0 aliphatic heterocycles. The van der Waals surface area contributed by atoms with Gasteiger partial charge in [-0.05, 0) is 24.3 Å². The third kappa shape index (κ3) is 2.28. The number of benzene rings is 2. The largest absolute Gasteiger partial charge is 0.456 e. The highest BCUT2D eigenvalue weighted by Crippen LogP contribution is 2.26. The van der Waals surface area contributed by atoms with Crippen LogP contribution in [0.1, 0.15) is 0 Å². The Hall–Kier alpha value is -3.22. The molecule has 0 fully saturated rings. The molecule has 3 aromatic rings. The van der Waals surface area contributed by atoms with Crippen LogP contribution in [0.3, 0.4) is 0 Å². The van der Waals surface area contributed by atoms with Crippen molar-refractivity contribution in [3.05, 3.63) is 68.6 Å². The van der Waals surface area contributed by atoms with Crippen molar-refractivity contribution in [1.82, 2.24) is 0 Å². The molecule has 3 rings (SSSR count). The molecule has 0 atom stereocenters. The Balaban J connectivity index is 2.21. The lowest BCUT2D eigenvalue weighted by Crippen LogP contribution is -2.01. The van der Waals surface area contributed by atoms with Crippen LogP contribution in [0.4, 0.5) is 15.8 Å². The molecule has 22 heavy (non-hydrogen) atoms. The van der Waals surface area contributed by atoms with Crippen LogP contribution in [-0.2, 0) is 0 Å². The first-order valence-corrected chi connectivity index (χ1v) is 6.23. The molecule has 0 aliphatic rings. The predicted octanol–water partition coefficient (Wildman–Crippen LogP) is 3.09. The normalized spacial score (nSPS) is 10.8. The van der Waals surface area contributed by atoms with Crippen LogP contribution in [-0.4, -0.2) is 4.92 Å². The number of nitro benzene ring substituents is 1. The monoisotopic (exact) mass is 300 g/mol. The standard InChI is InChI=1S/C15H9FN2O4/c16-11-3-1-8(5-12(11)17)15-7-13(19)10-6-9(18(20)21)2-4-14(10)22-15/h1-7H,17H2. The molecule has 0 amide bonds. The highest BCUT2D eigenvalue weighted by Gasteiger charge is 2.12. The number of non-ortho nitro benzene ring substituents is 1. The summed E-state index contributed by atoms with van der Waals surface area (Å²) in [5.74, 6) is -0.361. The number of fused-ring (bicyclic) bond motifs is 1. The summed E-state index contributed by atoms with van der Waals surface area (Å²) >= 11 is 0. The number of hydrogen-bond donors (Lipinski definition) is 1. The van der Waals surface area contributed by atoms with Crippen LogP contribution in [0.5, 0.6) is 0 Å². The molecular formula is C15H9FN2O4. The van der Waals surface area contributed by atoms with E-state index in [1.165, 1.54) is 36.4 Å². The number of rotatable bonds is 2. The summed E-state index contributed by atoms with van der Waals surface area (Å²) in [4.78, 5) is 22.3.